The Labute approximate surface area is 268 Å². The van der Waals surface area contributed by atoms with Crippen LogP contribution in [0.3, 0.4) is 0 Å². The third kappa shape index (κ3) is 5.32. The van der Waals surface area contributed by atoms with Crippen LogP contribution < -0.4 is 0 Å². The molecule has 0 aromatic carbocycles. The van der Waals surface area contributed by atoms with E-state index in [1.54, 1.807) is 0 Å². The van der Waals surface area contributed by atoms with Crippen LogP contribution in [0.4, 0.5) is 13.2 Å². The monoisotopic (exact) mass is 728 g/mol. The molecule has 4 atom stereocenters. The molecule has 43 heavy (non-hydrogen) atoms. The molecular weight excluding hydrogens is 684 g/mol. The van der Waals surface area contributed by atoms with E-state index < -0.39 is 31.8 Å². The Morgan fingerprint density at radius 1 is 1.09 bits per heavy atom. The van der Waals surface area contributed by atoms with Crippen molar-refractivity contribution < 1.29 is 27.1 Å². The second-order valence-corrected chi connectivity index (χ2v) is 21.3. The van der Waals surface area contributed by atoms with Gasteiger partial charge in [0.05, 0.1) is 27.9 Å². The Hall–Kier alpha value is -1.08. The number of ether oxygens (including phenoxy) is 2. The first-order valence-electron chi connectivity index (χ1n) is 15.7. The van der Waals surface area contributed by atoms with Crippen LogP contribution in [0.2, 0.25) is 18.1 Å². The van der Waals surface area contributed by atoms with Gasteiger partial charge in [-0.25, -0.2) is 0 Å². The van der Waals surface area contributed by atoms with Gasteiger partial charge in [0.2, 0.25) is 0 Å². The molecule has 0 amide bonds. The van der Waals surface area contributed by atoms with Gasteiger partial charge in [0.1, 0.15) is 11.7 Å². The van der Waals surface area contributed by atoms with E-state index in [2.05, 4.69) is 75.3 Å². The highest BCUT2D eigenvalue weighted by atomic mass is 127. The molecule has 4 heterocycles. The lowest BCUT2D eigenvalue weighted by molar-refractivity contribution is -0.138. The topological polar surface area (TPSA) is 53.5 Å². The van der Waals surface area contributed by atoms with Crippen molar-refractivity contribution in [3.8, 4) is 0 Å². The van der Waals surface area contributed by atoms with Crippen LogP contribution in [0.1, 0.15) is 124 Å². The molecule has 2 aromatic rings. The van der Waals surface area contributed by atoms with Crippen molar-refractivity contribution >= 4 is 30.9 Å². The van der Waals surface area contributed by atoms with Gasteiger partial charge in [-0.05, 0) is 67.3 Å². The second kappa shape index (κ2) is 10.7. The zero-order valence-corrected chi connectivity index (χ0v) is 29.5. The maximum absolute atomic E-state index is 13.5. The van der Waals surface area contributed by atoms with E-state index >= 15 is 0 Å². The van der Waals surface area contributed by atoms with Crippen molar-refractivity contribution in [1.29, 1.82) is 0 Å². The maximum Gasteiger partial charge on any atom is 0.417 e. The number of pyridine rings is 2. The van der Waals surface area contributed by atoms with Crippen molar-refractivity contribution in [3.05, 3.63) is 57.7 Å². The fraction of sp³-hybridized carbons (Fsp3) is 0.697. The highest BCUT2D eigenvalue weighted by Crippen LogP contribution is 2.62. The third-order valence-electron chi connectivity index (χ3n) is 10.9. The molecule has 236 valence electrons. The molecule has 0 N–H and O–H groups in total. The molecule has 2 unspecified atom stereocenters. The average Bonchev–Trinajstić information content (AvgIpc) is 3.23. The van der Waals surface area contributed by atoms with Gasteiger partial charge in [0.15, 0.2) is 8.32 Å². The minimum Gasteiger partial charge on any atom is -0.410 e. The molecule has 5 nitrogen and oxygen atoms in total. The summed E-state index contributed by atoms with van der Waals surface area (Å²) in [6.07, 6.45) is 1.98. The number of fused-ring (bicyclic) bond motifs is 4. The molecule has 10 heteroatoms. The number of alkyl halides is 4. The second-order valence-electron chi connectivity index (χ2n) is 15.1. The first-order valence-corrected chi connectivity index (χ1v) is 19.8. The van der Waals surface area contributed by atoms with Crippen molar-refractivity contribution in [2.75, 3.05) is 13.2 Å². The molecule has 0 bridgehead atoms. The molecule has 4 aliphatic rings. The summed E-state index contributed by atoms with van der Waals surface area (Å²) in [5.41, 5.74) is 4.70. The summed E-state index contributed by atoms with van der Waals surface area (Å²) in [6.45, 7) is 16.9. The largest absolute Gasteiger partial charge is 0.417 e. The van der Waals surface area contributed by atoms with Crippen LogP contribution in [-0.2, 0) is 32.1 Å². The first-order chi connectivity index (χ1) is 20.0. The first kappa shape index (κ1) is 31.9. The van der Waals surface area contributed by atoms with E-state index in [-0.39, 0.29) is 26.4 Å². The van der Waals surface area contributed by atoms with E-state index in [4.69, 9.17) is 18.9 Å². The molecule has 6 rings (SSSR count). The summed E-state index contributed by atoms with van der Waals surface area (Å²) >= 11 is 2.46. The standard InChI is InChI=1S/C33H44F3IN2O3Si/c1-19(2)28-26-27(25-22(39-28)15-31(11-8-12-31)16-23(25)42-43(6,7)30(3,4)5)32(13-14-40-18-24(32)37)41-29(26)21-10-9-20(17-38-21)33(34,35)36/h9-10,17,19,23-24,29H,8,11-16,18H2,1-7H3/t23-,24?,29+,32?/m0/s1. The molecule has 2 spiro atoms. The van der Waals surface area contributed by atoms with Crippen LogP contribution in [0.15, 0.2) is 18.3 Å². The summed E-state index contributed by atoms with van der Waals surface area (Å²) in [7, 11) is -2.18. The van der Waals surface area contributed by atoms with Crippen LogP contribution in [0, 0.1) is 5.41 Å². The molecule has 1 saturated carbocycles. The molecule has 0 radical (unpaired) electrons. The molecule has 2 fully saturated rings. The van der Waals surface area contributed by atoms with Crippen LogP contribution >= 0.6 is 22.6 Å². The Morgan fingerprint density at radius 2 is 1.81 bits per heavy atom. The van der Waals surface area contributed by atoms with Crippen molar-refractivity contribution in [1.82, 2.24) is 9.97 Å². The van der Waals surface area contributed by atoms with E-state index in [0.717, 1.165) is 47.6 Å². The Bertz CT molecular complexity index is 1390. The van der Waals surface area contributed by atoms with Crippen LogP contribution in [-0.4, -0.2) is 35.4 Å². The fourth-order valence-electron chi connectivity index (χ4n) is 7.32. The SMILES string of the molecule is CC(C)c1nc2c(c3c1[C@@H](c1ccc(C(F)(F)F)cn1)OC31CCOCC1I)[C@@H](O[Si](C)(C)C(C)(C)C)CC1(CCC1)C2. The van der Waals surface area contributed by atoms with Gasteiger partial charge in [-0.15, -0.1) is 0 Å². The molecule has 2 aliphatic carbocycles. The quantitative estimate of drug-likeness (QED) is 0.179. The third-order valence-corrected chi connectivity index (χ3v) is 16.7. The summed E-state index contributed by atoms with van der Waals surface area (Å²) in [4.78, 5) is 9.82. The van der Waals surface area contributed by atoms with Crippen LogP contribution in [0.5, 0.6) is 0 Å². The number of hydrogen-bond donors (Lipinski definition) is 0. The Balaban J connectivity index is 1.60. The lowest BCUT2D eigenvalue weighted by Gasteiger charge is -2.51. The summed E-state index contributed by atoms with van der Waals surface area (Å²) in [5, 5.41) is 0.0389. The lowest BCUT2D eigenvalue weighted by atomic mass is 9.58. The van der Waals surface area contributed by atoms with Crippen LogP contribution in [0.25, 0.3) is 0 Å². The number of hydrogen-bond acceptors (Lipinski definition) is 5. The van der Waals surface area contributed by atoms with Crippen molar-refractivity contribution in [3.63, 3.8) is 0 Å². The minimum absolute atomic E-state index is 0.0108. The molecule has 2 aromatic heterocycles. The average molecular weight is 729 g/mol. The highest BCUT2D eigenvalue weighted by Gasteiger charge is 2.58. The summed E-state index contributed by atoms with van der Waals surface area (Å²) in [5.74, 6) is 0.0984. The zero-order valence-electron chi connectivity index (χ0n) is 26.3. The van der Waals surface area contributed by atoms with Gasteiger partial charge in [-0.3, -0.25) is 9.97 Å². The van der Waals surface area contributed by atoms with E-state index in [0.29, 0.717) is 25.3 Å². The number of nitrogens with zero attached hydrogens (tertiary/aromatic N) is 2. The highest BCUT2D eigenvalue weighted by molar-refractivity contribution is 14.1. The summed E-state index contributed by atoms with van der Waals surface area (Å²) in [6, 6.07) is 2.60. The van der Waals surface area contributed by atoms with Gasteiger partial charge in [0.25, 0.3) is 0 Å². The van der Waals surface area contributed by atoms with E-state index in [1.165, 1.54) is 30.9 Å². The summed E-state index contributed by atoms with van der Waals surface area (Å²) < 4.78 is 60.9. The van der Waals surface area contributed by atoms with Crippen molar-refractivity contribution in [2.45, 2.75) is 125 Å². The molecular formula is C33H44F3IN2O3Si. The fourth-order valence-corrected chi connectivity index (χ4v) is 9.61. The number of aromatic nitrogens is 2. The van der Waals surface area contributed by atoms with E-state index in [1.807, 2.05) is 0 Å². The van der Waals surface area contributed by atoms with Gasteiger partial charge >= 0.3 is 6.18 Å². The predicted octanol–water partition coefficient (Wildman–Crippen LogP) is 9.34. The number of rotatable bonds is 4. The van der Waals surface area contributed by atoms with Gasteiger partial charge < -0.3 is 13.9 Å². The van der Waals surface area contributed by atoms with E-state index in [9.17, 15) is 13.2 Å². The lowest BCUT2D eigenvalue weighted by Crippen LogP contribution is -2.48. The van der Waals surface area contributed by atoms with Crippen molar-refractivity contribution in [2.24, 2.45) is 5.41 Å². The Morgan fingerprint density at radius 3 is 2.35 bits per heavy atom. The molecule has 1 saturated heterocycles. The predicted molar refractivity (Wildman–Crippen MR) is 171 cm³/mol. The van der Waals surface area contributed by atoms with Gasteiger partial charge in [-0.1, -0.05) is 63.6 Å². The smallest absolute Gasteiger partial charge is 0.410 e. The zero-order chi connectivity index (χ0) is 31.2. The van der Waals surface area contributed by atoms with Gasteiger partial charge in [0, 0.05) is 47.3 Å². The maximum atomic E-state index is 13.5. The molecule has 2 aliphatic heterocycles. The minimum atomic E-state index is -4.45. The normalized spacial score (nSPS) is 28.7. The van der Waals surface area contributed by atoms with Gasteiger partial charge in [-0.2, -0.15) is 13.2 Å². The number of halogens is 4. The Kier molecular flexibility index (Phi) is 7.96.